The second kappa shape index (κ2) is 6.35. The highest BCUT2D eigenvalue weighted by atomic mass is 35.5. The van der Waals surface area contributed by atoms with Gasteiger partial charge in [0.05, 0.1) is 10.0 Å². The van der Waals surface area contributed by atoms with Crippen molar-refractivity contribution >= 4 is 46.4 Å². The monoisotopic (exact) mass is 329 g/mol. The third-order valence-electron chi connectivity index (χ3n) is 2.65. The number of alkyl halides is 1. The second-order valence-corrected chi connectivity index (χ2v) is 5.15. The largest absolute Gasteiger partial charge is 0.505 e. The first-order chi connectivity index (χ1) is 9.51. The molecule has 0 atom stereocenters. The van der Waals surface area contributed by atoms with E-state index in [0.717, 1.165) is 5.56 Å². The average Bonchev–Trinajstić information content (AvgIpc) is 2.44. The molecular weight excluding hydrogens is 321 g/mol. The van der Waals surface area contributed by atoms with Crippen molar-refractivity contribution in [2.75, 3.05) is 5.32 Å². The number of nitrogens with one attached hydrogen (secondary N) is 1. The third kappa shape index (κ3) is 3.37. The summed E-state index contributed by atoms with van der Waals surface area (Å²) in [6, 6.07) is 9.76. The molecule has 104 valence electrons. The van der Waals surface area contributed by atoms with Crippen LogP contribution in [0.3, 0.4) is 0 Å². The number of hydrogen-bond acceptors (Lipinski definition) is 2. The number of carbonyl (C=O) groups excluding carboxylic acids is 1. The molecule has 1 amide bonds. The molecule has 0 aliphatic rings. The van der Waals surface area contributed by atoms with Gasteiger partial charge in [-0.05, 0) is 29.8 Å². The number of halogens is 3. The highest BCUT2D eigenvalue weighted by molar-refractivity contribution is 6.37. The van der Waals surface area contributed by atoms with Gasteiger partial charge in [-0.3, -0.25) is 4.79 Å². The van der Waals surface area contributed by atoms with E-state index in [-0.39, 0.29) is 21.7 Å². The summed E-state index contributed by atoms with van der Waals surface area (Å²) < 4.78 is 0. The maximum atomic E-state index is 12.0. The second-order valence-electron chi connectivity index (χ2n) is 4.07. The van der Waals surface area contributed by atoms with E-state index < -0.39 is 0 Å². The molecule has 6 heteroatoms. The summed E-state index contributed by atoms with van der Waals surface area (Å²) in [5.41, 5.74) is 1.82. The van der Waals surface area contributed by atoms with Crippen LogP contribution in [0.25, 0.3) is 0 Å². The fourth-order valence-electron chi connectivity index (χ4n) is 1.59. The van der Waals surface area contributed by atoms with Crippen LogP contribution < -0.4 is 5.32 Å². The van der Waals surface area contributed by atoms with Gasteiger partial charge in [-0.1, -0.05) is 35.3 Å². The molecule has 0 unspecified atom stereocenters. The topological polar surface area (TPSA) is 49.3 Å². The Labute approximate surface area is 131 Å². The first kappa shape index (κ1) is 15.0. The average molecular weight is 331 g/mol. The Hall–Kier alpha value is -1.42. The lowest BCUT2D eigenvalue weighted by atomic mass is 10.1. The zero-order chi connectivity index (χ0) is 14.7. The molecule has 0 saturated heterocycles. The van der Waals surface area contributed by atoms with Crippen LogP contribution in [0.2, 0.25) is 10.0 Å². The van der Waals surface area contributed by atoms with Gasteiger partial charge in [-0.25, -0.2) is 0 Å². The van der Waals surface area contributed by atoms with Crippen LogP contribution in [-0.4, -0.2) is 11.0 Å². The minimum absolute atomic E-state index is 0.0743. The van der Waals surface area contributed by atoms with E-state index >= 15 is 0 Å². The fraction of sp³-hybridized carbons (Fsp3) is 0.0714. The predicted molar refractivity (Wildman–Crippen MR) is 82.1 cm³/mol. The SMILES string of the molecule is O=C(Nc1cc(Cl)c(O)c(Cl)c1)c1ccc(CCl)cc1. The van der Waals surface area contributed by atoms with E-state index in [1.807, 2.05) is 0 Å². The Morgan fingerprint density at radius 3 is 2.15 bits per heavy atom. The van der Waals surface area contributed by atoms with Crippen molar-refractivity contribution in [2.45, 2.75) is 5.88 Å². The van der Waals surface area contributed by atoms with Crippen molar-refractivity contribution in [3.8, 4) is 5.75 Å². The van der Waals surface area contributed by atoms with Crippen LogP contribution in [0, 0.1) is 0 Å². The molecule has 2 aromatic rings. The Balaban J connectivity index is 2.18. The van der Waals surface area contributed by atoms with Crippen molar-refractivity contribution in [3.05, 3.63) is 57.6 Å². The Bertz CT molecular complexity index is 618. The summed E-state index contributed by atoms with van der Waals surface area (Å²) >= 11 is 17.3. The normalized spacial score (nSPS) is 10.3. The molecule has 0 radical (unpaired) electrons. The van der Waals surface area contributed by atoms with E-state index in [9.17, 15) is 9.90 Å². The van der Waals surface area contributed by atoms with E-state index in [2.05, 4.69) is 5.32 Å². The van der Waals surface area contributed by atoms with Crippen molar-refractivity contribution in [1.82, 2.24) is 0 Å². The number of aromatic hydroxyl groups is 1. The quantitative estimate of drug-likeness (QED) is 0.633. The summed E-state index contributed by atoms with van der Waals surface area (Å²) in [6.45, 7) is 0. The number of benzene rings is 2. The van der Waals surface area contributed by atoms with Crippen molar-refractivity contribution in [3.63, 3.8) is 0 Å². The Kier molecular flexibility index (Phi) is 4.76. The molecule has 0 aromatic heterocycles. The molecule has 2 aromatic carbocycles. The number of carbonyl (C=O) groups is 1. The van der Waals surface area contributed by atoms with E-state index in [1.165, 1.54) is 12.1 Å². The van der Waals surface area contributed by atoms with Gasteiger partial charge in [0.15, 0.2) is 5.75 Å². The summed E-state index contributed by atoms with van der Waals surface area (Å²) in [4.78, 5) is 12.0. The van der Waals surface area contributed by atoms with Gasteiger partial charge in [-0.2, -0.15) is 0 Å². The minimum atomic E-state index is -0.302. The van der Waals surface area contributed by atoms with Crippen molar-refractivity contribution in [2.24, 2.45) is 0 Å². The van der Waals surface area contributed by atoms with Crippen LogP contribution in [0.4, 0.5) is 5.69 Å². The highest BCUT2D eigenvalue weighted by Gasteiger charge is 2.10. The lowest BCUT2D eigenvalue weighted by Gasteiger charge is -2.08. The Morgan fingerprint density at radius 1 is 1.10 bits per heavy atom. The Morgan fingerprint density at radius 2 is 1.65 bits per heavy atom. The molecule has 20 heavy (non-hydrogen) atoms. The molecule has 0 spiro atoms. The third-order valence-corrected chi connectivity index (χ3v) is 3.53. The molecule has 0 aliphatic carbocycles. The highest BCUT2D eigenvalue weighted by Crippen LogP contribution is 2.34. The molecule has 2 N–H and O–H groups in total. The van der Waals surface area contributed by atoms with Gasteiger partial charge in [-0.15, -0.1) is 11.6 Å². The van der Waals surface area contributed by atoms with E-state index in [4.69, 9.17) is 34.8 Å². The number of amides is 1. The zero-order valence-electron chi connectivity index (χ0n) is 10.2. The van der Waals surface area contributed by atoms with E-state index in [1.54, 1.807) is 24.3 Å². The molecule has 0 bridgehead atoms. The summed E-state index contributed by atoms with van der Waals surface area (Å²) in [5.74, 6) is -0.118. The summed E-state index contributed by atoms with van der Waals surface area (Å²) in [5, 5.41) is 12.3. The van der Waals surface area contributed by atoms with Gasteiger partial charge in [0.25, 0.3) is 5.91 Å². The zero-order valence-corrected chi connectivity index (χ0v) is 12.4. The number of anilines is 1. The molecule has 0 aliphatic heterocycles. The number of hydrogen-bond donors (Lipinski definition) is 2. The molecule has 0 heterocycles. The molecule has 0 saturated carbocycles. The minimum Gasteiger partial charge on any atom is -0.505 e. The van der Waals surface area contributed by atoms with Crippen molar-refractivity contribution < 1.29 is 9.90 Å². The van der Waals surface area contributed by atoms with Crippen LogP contribution in [0.1, 0.15) is 15.9 Å². The summed E-state index contributed by atoms with van der Waals surface area (Å²) in [7, 11) is 0. The van der Waals surface area contributed by atoms with Gasteiger partial charge in [0.1, 0.15) is 0 Å². The molecule has 0 fully saturated rings. The van der Waals surface area contributed by atoms with Crippen LogP contribution in [0.5, 0.6) is 5.75 Å². The number of phenolic OH excluding ortho intramolecular Hbond substituents is 1. The van der Waals surface area contributed by atoms with Gasteiger partial charge in [0, 0.05) is 17.1 Å². The maximum absolute atomic E-state index is 12.0. The molecule has 3 nitrogen and oxygen atoms in total. The molecular formula is C14H10Cl3NO2. The lowest BCUT2D eigenvalue weighted by molar-refractivity contribution is 0.102. The molecule has 2 rings (SSSR count). The number of rotatable bonds is 3. The van der Waals surface area contributed by atoms with Crippen LogP contribution >= 0.6 is 34.8 Å². The first-order valence-electron chi connectivity index (χ1n) is 5.65. The maximum Gasteiger partial charge on any atom is 0.255 e. The van der Waals surface area contributed by atoms with Crippen molar-refractivity contribution in [1.29, 1.82) is 0 Å². The van der Waals surface area contributed by atoms with E-state index in [0.29, 0.717) is 17.1 Å². The number of phenols is 1. The van der Waals surface area contributed by atoms with Gasteiger partial charge >= 0.3 is 0 Å². The lowest BCUT2D eigenvalue weighted by Crippen LogP contribution is -2.11. The smallest absolute Gasteiger partial charge is 0.255 e. The van der Waals surface area contributed by atoms with Gasteiger partial charge < -0.3 is 10.4 Å². The first-order valence-corrected chi connectivity index (χ1v) is 6.94. The summed E-state index contributed by atoms with van der Waals surface area (Å²) in [6.07, 6.45) is 0. The van der Waals surface area contributed by atoms with Crippen LogP contribution in [-0.2, 0) is 5.88 Å². The predicted octanol–water partition coefficient (Wildman–Crippen LogP) is 4.69. The fourth-order valence-corrected chi connectivity index (χ4v) is 2.25. The standard InChI is InChI=1S/C14H10Cl3NO2/c15-7-8-1-3-9(4-2-8)14(20)18-10-5-11(16)13(19)12(17)6-10/h1-6,19H,7H2,(H,18,20). The van der Waals surface area contributed by atoms with Crippen LogP contribution in [0.15, 0.2) is 36.4 Å². The van der Waals surface area contributed by atoms with Gasteiger partial charge in [0.2, 0.25) is 0 Å².